The average molecular weight is 290 g/mol. The summed E-state index contributed by atoms with van der Waals surface area (Å²) in [5, 5.41) is 0.768. The number of aromatic nitrogens is 1. The third-order valence-electron chi connectivity index (χ3n) is 3.44. The lowest BCUT2D eigenvalue weighted by molar-refractivity contribution is 0.314. The van der Waals surface area contributed by atoms with Gasteiger partial charge in [0.15, 0.2) is 0 Å². The molecule has 0 aliphatic heterocycles. The molecule has 0 aliphatic rings. The molecule has 0 spiro atoms. The topological polar surface area (TPSA) is 42.2 Å². The molecular formula is C16H20ClN3. The Hall–Kier alpha value is -1.58. The second-order valence-electron chi connectivity index (χ2n) is 5.23. The van der Waals surface area contributed by atoms with Crippen LogP contribution in [-0.4, -0.2) is 16.9 Å². The largest absolute Gasteiger partial charge is 0.398 e. The van der Waals surface area contributed by atoms with Gasteiger partial charge in [0.25, 0.3) is 0 Å². The first kappa shape index (κ1) is 14.8. The molecule has 1 aromatic heterocycles. The summed E-state index contributed by atoms with van der Waals surface area (Å²) in [7, 11) is 2.07. The number of pyridine rings is 1. The summed E-state index contributed by atoms with van der Waals surface area (Å²) >= 11 is 6.00. The van der Waals surface area contributed by atoms with Crippen LogP contribution in [0.1, 0.15) is 22.4 Å². The molecule has 4 heteroatoms. The van der Waals surface area contributed by atoms with Crippen molar-refractivity contribution in [2.24, 2.45) is 0 Å². The first-order chi connectivity index (χ1) is 9.47. The van der Waals surface area contributed by atoms with E-state index in [0.29, 0.717) is 0 Å². The molecule has 20 heavy (non-hydrogen) atoms. The van der Waals surface area contributed by atoms with Gasteiger partial charge in [0.2, 0.25) is 0 Å². The summed E-state index contributed by atoms with van der Waals surface area (Å²) in [6, 6.07) is 7.92. The molecular weight excluding hydrogens is 270 g/mol. The summed E-state index contributed by atoms with van der Waals surface area (Å²) in [4.78, 5) is 6.69. The van der Waals surface area contributed by atoms with Crippen molar-refractivity contribution in [2.45, 2.75) is 26.9 Å². The number of nitrogens with zero attached hydrogens (tertiary/aromatic N) is 2. The molecule has 2 rings (SSSR count). The average Bonchev–Trinajstić information content (AvgIpc) is 2.39. The number of rotatable bonds is 4. The summed E-state index contributed by atoms with van der Waals surface area (Å²) in [6.07, 6.45) is 1.84. The van der Waals surface area contributed by atoms with Gasteiger partial charge in [0.1, 0.15) is 0 Å². The van der Waals surface area contributed by atoms with Gasteiger partial charge in [0.05, 0.1) is 5.69 Å². The number of hydrogen-bond donors (Lipinski definition) is 1. The van der Waals surface area contributed by atoms with E-state index in [4.69, 9.17) is 17.3 Å². The van der Waals surface area contributed by atoms with Gasteiger partial charge in [-0.2, -0.15) is 0 Å². The maximum atomic E-state index is 6.05. The highest BCUT2D eigenvalue weighted by Crippen LogP contribution is 2.19. The minimum Gasteiger partial charge on any atom is -0.398 e. The number of nitrogens with two attached hydrogens (primary N) is 1. The van der Waals surface area contributed by atoms with Crippen LogP contribution in [0, 0.1) is 13.8 Å². The van der Waals surface area contributed by atoms with Crippen molar-refractivity contribution in [2.75, 3.05) is 12.8 Å². The van der Waals surface area contributed by atoms with Crippen LogP contribution in [0.3, 0.4) is 0 Å². The van der Waals surface area contributed by atoms with Gasteiger partial charge in [-0.15, -0.1) is 0 Å². The predicted octanol–water partition coefficient (Wildman–Crippen LogP) is 3.57. The van der Waals surface area contributed by atoms with E-state index in [9.17, 15) is 0 Å². The molecule has 0 atom stereocenters. The first-order valence-electron chi connectivity index (χ1n) is 6.61. The highest BCUT2D eigenvalue weighted by Gasteiger charge is 2.09. The molecule has 106 valence electrons. The van der Waals surface area contributed by atoms with Crippen molar-refractivity contribution >= 4 is 17.3 Å². The third-order valence-corrected chi connectivity index (χ3v) is 3.67. The van der Waals surface area contributed by atoms with Crippen LogP contribution < -0.4 is 5.73 Å². The lowest BCUT2D eigenvalue weighted by atomic mass is 10.1. The lowest BCUT2D eigenvalue weighted by Crippen LogP contribution is -2.19. The van der Waals surface area contributed by atoms with E-state index >= 15 is 0 Å². The molecule has 0 bridgehead atoms. The highest BCUT2D eigenvalue weighted by atomic mass is 35.5. The molecule has 0 radical (unpaired) electrons. The summed E-state index contributed by atoms with van der Waals surface area (Å²) in [5.41, 5.74) is 11.2. The van der Waals surface area contributed by atoms with Crippen molar-refractivity contribution < 1.29 is 0 Å². The summed E-state index contributed by atoms with van der Waals surface area (Å²) < 4.78 is 0. The molecule has 0 unspecified atom stereocenters. The van der Waals surface area contributed by atoms with E-state index in [1.807, 2.05) is 38.2 Å². The Morgan fingerprint density at radius 3 is 2.70 bits per heavy atom. The fraction of sp³-hybridized carbons (Fsp3) is 0.312. The van der Waals surface area contributed by atoms with E-state index in [0.717, 1.165) is 40.6 Å². The monoisotopic (exact) mass is 289 g/mol. The van der Waals surface area contributed by atoms with Crippen LogP contribution in [0.5, 0.6) is 0 Å². The minimum absolute atomic E-state index is 0.767. The van der Waals surface area contributed by atoms with E-state index in [1.54, 1.807) is 0 Å². The van der Waals surface area contributed by atoms with Gasteiger partial charge >= 0.3 is 0 Å². The van der Waals surface area contributed by atoms with Crippen molar-refractivity contribution in [1.82, 2.24) is 9.88 Å². The van der Waals surface area contributed by atoms with E-state index in [2.05, 4.69) is 23.0 Å². The number of hydrogen-bond acceptors (Lipinski definition) is 3. The molecule has 1 aromatic carbocycles. The molecule has 2 aromatic rings. The second kappa shape index (κ2) is 6.25. The Morgan fingerprint density at radius 1 is 1.25 bits per heavy atom. The number of nitrogen functional groups attached to an aromatic ring is 1. The Balaban J connectivity index is 2.08. The second-order valence-corrected chi connectivity index (χ2v) is 5.67. The maximum Gasteiger partial charge on any atom is 0.0593 e. The van der Waals surface area contributed by atoms with Crippen molar-refractivity contribution in [3.63, 3.8) is 0 Å². The van der Waals surface area contributed by atoms with Crippen LogP contribution in [0.4, 0.5) is 5.69 Å². The van der Waals surface area contributed by atoms with Gasteiger partial charge in [0, 0.05) is 30.0 Å². The third kappa shape index (κ3) is 3.50. The zero-order valence-corrected chi connectivity index (χ0v) is 12.9. The molecule has 0 saturated heterocycles. The van der Waals surface area contributed by atoms with Gasteiger partial charge in [-0.3, -0.25) is 9.88 Å². The molecule has 0 saturated carbocycles. The standard InChI is InChI=1S/C16H20ClN3/c1-11-8-19-15(12(2)16(11)18)10-20(3)9-13-5-4-6-14(17)7-13/h4-8H,9-10H2,1-3H3,(H2,18,19). The van der Waals surface area contributed by atoms with Crippen LogP contribution >= 0.6 is 11.6 Å². The minimum atomic E-state index is 0.767. The molecule has 2 N–H and O–H groups in total. The van der Waals surface area contributed by atoms with E-state index < -0.39 is 0 Å². The van der Waals surface area contributed by atoms with E-state index in [1.165, 1.54) is 5.56 Å². The van der Waals surface area contributed by atoms with Crippen LogP contribution in [-0.2, 0) is 13.1 Å². The van der Waals surface area contributed by atoms with Crippen LogP contribution in [0.2, 0.25) is 5.02 Å². The molecule has 0 amide bonds. The highest BCUT2D eigenvalue weighted by molar-refractivity contribution is 6.30. The van der Waals surface area contributed by atoms with Crippen molar-refractivity contribution in [3.8, 4) is 0 Å². The number of halogens is 1. The first-order valence-corrected chi connectivity index (χ1v) is 6.98. The fourth-order valence-electron chi connectivity index (χ4n) is 2.21. The normalized spacial score (nSPS) is 11.1. The zero-order chi connectivity index (χ0) is 14.7. The van der Waals surface area contributed by atoms with Gasteiger partial charge in [-0.05, 0) is 49.7 Å². The number of aryl methyl sites for hydroxylation is 1. The number of benzene rings is 1. The predicted molar refractivity (Wildman–Crippen MR) is 84.7 cm³/mol. The SMILES string of the molecule is Cc1cnc(CN(C)Cc2cccc(Cl)c2)c(C)c1N. The van der Waals surface area contributed by atoms with Crippen molar-refractivity contribution in [3.05, 3.63) is 57.9 Å². The molecule has 0 fully saturated rings. The number of anilines is 1. The fourth-order valence-corrected chi connectivity index (χ4v) is 2.42. The van der Waals surface area contributed by atoms with Crippen molar-refractivity contribution in [1.29, 1.82) is 0 Å². The van der Waals surface area contributed by atoms with Crippen LogP contribution in [0.25, 0.3) is 0 Å². The molecule has 1 heterocycles. The maximum absolute atomic E-state index is 6.05. The van der Waals surface area contributed by atoms with Gasteiger partial charge in [-0.1, -0.05) is 23.7 Å². The summed E-state index contributed by atoms with van der Waals surface area (Å²) in [6.45, 7) is 5.60. The Bertz CT molecular complexity index is 611. The van der Waals surface area contributed by atoms with Gasteiger partial charge in [-0.25, -0.2) is 0 Å². The van der Waals surface area contributed by atoms with E-state index in [-0.39, 0.29) is 0 Å². The lowest BCUT2D eigenvalue weighted by Gasteiger charge is -2.18. The Morgan fingerprint density at radius 2 is 2.00 bits per heavy atom. The molecule has 3 nitrogen and oxygen atoms in total. The van der Waals surface area contributed by atoms with Crippen LogP contribution in [0.15, 0.2) is 30.5 Å². The molecule has 0 aliphatic carbocycles. The van der Waals surface area contributed by atoms with Gasteiger partial charge < -0.3 is 5.73 Å². The zero-order valence-electron chi connectivity index (χ0n) is 12.2. The quantitative estimate of drug-likeness (QED) is 0.936. The Labute approximate surface area is 125 Å². The Kier molecular flexibility index (Phi) is 4.63. The smallest absolute Gasteiger partial charge is 0.0593 e. The summed E-state index contributed by atoms with van der Waals surface area (Å²) in [5.74, 6) is 0.